The van der Waals surface area contributed by atoms with Crippen molar-refractivity contribution in [2.24, 2.45) is 12.8 Å². The molecular weight excluding hydrogens is 206 g/mol. The first-order valence-electron chi connectivity index (χ1n) is 5.48. The van der Waals surface area contributed by atoms with Gasteiger partial charge in [-0.25, -0.2) is 4.98 Å². The maximum Gasteiger partial charge on any atom is 0.221 e. The zero-order valence-electron chi connectivity index (χ0n) is 9.81. The molecule has 0 saturated carbocycles. The van der Waals surface area contributed by atoms with E-state index in [0.29, 0.717) is 19.4 Å². The quantitative estimate of drug-likeness (QED) is 0.690. The molecule has 1 aromatic heterocycles. The summed E-state index contributed by atoms with van der Waals surface area (Å²) in [6.45, 7) is 2.52. The highest BCUT2D eigenvalue weighted by molar-refractivity contribution is 5.76. The Morgan fingerprint density at radius 2 is 2.44 bits per heavy atom. The SMILES string of the molecule is CCC(N)CC(=O)NCCc1ncn(C)n1. The Morgan fingerprint density at radius 1 is 1.69 bits per heavy atom. The maximum atomic E-state index is 11.4. The minimum absolute atomic E-state index is 0.00900. The van der Waals surface area contributed by atoms with Crippen LogP contribution in [0.3, 0.4) is 0 Å². The van der Waals surface area contributed by atoms with E-state index in [1.807, 2.05) is 14.0 Å². The standard InChI is InChI=1S/C10H19N5O/c1-3-8(11)6-10(16)12-5-4-9-13-7-15(2)14-9/h7-8H,3-6,11H2,1-2H3,(H,12,16). The molecule has 0 spiro atoms. The normalized spacial score (nSPS) is 12.4. The van der Waals surface area contributed by atoms with Crippen molar-refractivity contribution in [3.63, 3.8) is 0 Å². The van der Waals surface area contributed by atoms with Gasteiger partial charge in [-0.1, -0.05) is 6.92 Å². The fraction of sp³-hybridized carbons (Fsp3) is 0.700. The number of amides is 1. The van der Waals surface area contributed by atoms with Gasteiger partial charge in [0.15, 0.2) is 5.82 Å². The van der Waals surface area contributed by atoms with Crippen molar-refractivity contribution < 1.29 is 4.79 Å². The summed E-state index contributed by atoms with van der Waals surface area (Å²) in [7, 11) is 1.81. The number of nitrogens with two attached hydrogens (primary N) is 1. The van der Waals surface area contributed by atoms with Crippen molar-refractivity contribution >= 4 is 5.91 Å². The van der Waals surface area contributed by atoms with Gasteiger partial charge in [0.25, 0.3) is 0 Å². The molecule has 0 aromatic carbocycles. The third-order valence-corrected chi connectivity index (χ3v) is 2.29. The summed E-state index contributed by atoms with van der Waals surface area (Å²) in [6.07, 6.45) is 3.49. The lowest BCUT2D eigenvalue weighted by Gasteiger charge is -2.08. The zero-order chi connectivity index (χ0) is 12.0. The topological polar surface area (TPSA) is 85.8 Å². The number of nitrogens with one attached hydrogen (secondary N) is 1. The largest absolute Gasteiger partial charge is 0.356 e. The van der Waals surface area contributed by atoms with Gasteiger partial charge in [-0.2, -0.15) is 5.10 Å². The molecule has 0 aliphatic carbocycles. The van der Waals surface area contributed by atoms with Gasteiger partial charge in [0.2, 0.25) is 5.91 Å². The van der Waals surface area contributed by atoms with Crippen LogP contribution in [0.5, 0.6) is 0 Å². The molecule has 1 rings (SSSR count). The molecule has 0 radical (unpaired) electrons. The predicted octanol–water partition coefficient (Wildman–Crippen LogP) is -0.399. The Bertz CT molecular complexity index is 336. The monoisotopic (exact) mass is 225 g/mol. The summed E-state index contributed by atoms with van der Waals surface area (Å²) < 4.78 is 1.64. The van der Waals surface area contributed by atoms with Crippen LogP contribution in [0.2, 0.25) is 0 Å². The molecule has 3 N–H and O–H groups in total. The fourth-order valence-corrected chi connectivity index (χ4v) is 1.27. The highest BCUT2D eigenvalue weighted by Gasteiger charge is 2.07. The number of aryl methyl sites for hydroxylation is 1. The van der Waals surface area contributed by atoms with E-state index in [9.17, 15) is 4.79 Å². The first-order chi connectivity index (χ1) is 7.61. The van der Waals surface area contributed by atoms with E-state index in [1.165, 1.54) is 0 Å². The average Bonchev–Trinajstić information content (AvgIpc) is 2.64. The molecule has 90 valence electrons. The Morgan fingerprint density at radius 3 is 3.00 bits per heavy atom. The number of carbonyl (C=O) groups is 1. The van der Waals surface area contributed by atoms with Gasteiger partial charge < -0.3 is 11.1 Å². The van der Waals surface area contributed by atoms with Gasteiger partial charge in [-0.3, -0.25) is 9.48 Å². The van der Waals surface area contributed by atoms with E-state index in [1.54, 1.807) is 11.0 Å². The van der Waals surface area contributed by atoms with E-state index in [4.69, 9.17) is 5.73 Å². The van der Waals surface area contributed by atoms with Crippen molar-refractivity contribution in [3.8, 4) is 0 Å². The number of aromatic nitrogens is 3. The second-order valence-corrected chi connectivity index (χ2v) is 3.81. The summed E-state index contributed by atoms with van der Waals surface area (Å²) >= 11 is 0. The van der Waals surface area contributed by atoms with Crippen LogP contribution in [-0.4, -0.2) is 33.3 Å². The Hall–Kier alpha value is -1.43. The smallest absolute Gasteiger partial charge is 0.221 e. The van der Waals surface area contributed by atoms with Crippen molar-refractivity contribution in [3.05, 3.63) is 12.2 Å². The number of rotatable bonds is 6. The molecule has 0 bridgehead atoms. The van der Waals surface area contributed by atoms with Crippen LogP contribution in [0.25, 0.3) is 0 Å². The van der Waals surface area contributed by atoms with Gasteiger partial charge in [0.1, 0.15) is 6.33 Å². The lowest BCUT2D eigenvalue weighted by atomic mass is 10.1. The third-order valence-electron chi connectivity index (χ3n) is 2.29. The van der Waals surface area contributed by atoms with Crippen LogP contribution in [0.1, 0.15) is 25.6 Å². The lowest BCUT2D eigenvalue weighted by Crippen LogP contribution is -2.32. The second kappa shape index (κ2) is 6.22. The first kappa shape index (κ1) is 12.6. The fourth-order valence-electron chi connectivity index (χ4n) is 1.27. The molecule has 0 saturated heterocycles. The van der Waals surface area contributed by atoms with Crippen molar-refractivity contribution in [2.45, 2.75) is 32.2 Å². The van der Waals surface area contributed by atoms with Crippen molar-refractivity contribution in [1.29, 1.82) is 0 Å². The molecule has 0 fully saturated rings. The minimum Gasteiger partial charge on any atom is -0.356 e. The Labute approximate surface area is 95.2 Å². The van der Waals surface area contributed by atoms with Crippen LogP contribution in [-0.2, 0) is 18.3 Å². The molecule has 1 atom stereocenters. The van der Waals surface area contributed by atoms with Crippen LogP contribution in [0.15, 0.2) is 6.33 Å². The van der Waals surface area contributed by atoms with Gasteiger partial charge in [-0.05, 0) is 6.42 Å². The minimum atomic E-state index is -0.0482. The average molecular weight is 225 g/mol. The van der Waals surface area contributed by atoms with Crippen LogP contribution in [0.4, 0.5) is 0 Å². The molecule has 0 aliphatic heterocycles. The predicted molar refractivity (Wildman–Crippen MR) is 60.6 cm³/mol. The lowest BCUT2D eigenvalue weighted by molar-refractivity contribution is -0.121. The number of carbonyl (C=O) groups excluding carboxylic acids is 1. The molecule has 1 aromatic rings. The number of hydrogen-bond donors (Lipinski definition) is 2. The van der Waals surface area contributed by atoms with Gasteiger partial charge in [0.05, 0.1) is 0 Å². The summed E-state index contributed by atoms with van der Waals surface area (Å²) in [5.41, 5.74) is 5.67. The molecule has 6 nitrogen and oxygen atoms in total. The second-order valence-electron chi connectivity index (χ2n) is 3.81. The number of hydrogen-bond acceptors (Lipinski definition) is 4. The molecule has 1 amide bonds. The van der Waals surface area contributed by atoms with Crippen molar-refractivity contribution in [1.82, 2.24) is 20.1 Å². The molecule has 0 aliphatic rings. The molecule has 1 heterocycles. The van der Waals surface area contributed by atoms with Gasteiger partial charge in [0, 0.05) is 32.5 Å². The van der Waals surface area contributed by atoms with E-state index >= 15 is 0 Å². The van der Waals surface area contributed by atoms with Crippen LogP contribution >= 0.6 is 0 Å². The summed E-state index contributed by atoms with van der Waals surface area (Å²) in [6, 6.07) is -0.0482. The van der Waals surface area contributed by atoms with E-state index in [-0.39, 0.29) is 11.9 Å². The summed E-state index contributed by atoms with van der Waals surface area (Å²) in [4.78, 5) is 15.4. The number of nitrogens with zero attached hydrogens (tertiary/aromatic N) is 3. The third kappa shape index (κ3) is 4.39. The molecule has 6 heteroatoms. The van der Waals surface area contributed by atoms with E-state index in [0.717, 1.165) is 12.2 Å². The highest BCUT2D eigenvalue weighted by atomic mass is 16.1. The van der Waals surface area contributed by atoms with Crippen LogP contribution < -0.4 is 11.1 Å². The van der Waals surface area contributed by atoms with Crippen LogP contribution in [0, 0.1) is 0 Å². The molecule has 1 unspecified atom stereocenters. The summed E-state index contributed by atoms with van der Waals surface area (Å²) in [5, 5.41) is 6.91. The van der Waals surface area contributed by atoms with Gasteiger partial charge >= 0.3 is 0 Å². The van der Waals surface area contributed by atoms with Crippen molar-refractivity contribution in [2.75, 3.05) is 6.54 Å². The highest BCUT2D eigenvalue weighted by Crippen LogP contribution is 1.93. The molecular formula is C10H19N5O. The van der Waals surface area contributed by atoms with Gasteiger partial charge in [-0.15, -0.1) is 0 Å². The Balaban J connectivity index is 2.18. The molecule has 16 heavy (non-hydrogen) atoms. The summed E-state index contributed by atoms with van der Waals surface area (Å²) in [5.74, 6) is 0.730. The van der Waals surface area contributed by atoms with E-state index < -0.39 is 0 Å². The Kier molecular flexibility index (Phi) is 4.91. The van der Waals surface area contributed by atoms with E-state index in [2.05, 4.69) is 15.4 Å². The first-order valence-corrected chi connectivity index (χ1v) is 5.48. The maximum absolute atomic E-state index is 11.4. The zero-order valence-corrected chi connectivity index (χ0v) is 9.81.